The molecule has 0 saturated carbocycles. The topological polar surface area (TPSA) is 72.0 Å². The molecule has 1 aromatic rings. The smallest absolute Gasteiger partial charge is 0.322 e. The van der Waals surface area contributed by atoms with Gasteiger partial charge in [-0.2, -0.15) is 26.7 Å². The molecule has 0 amide bonds. The minimum Gasteiger partial charge on any atom is -0.467 e. The first-order valence-electron chi connectivity index (χ1n) is 6.57. The second-order valence-electron chi connectivity index (χ2n) is 4.03. The van der Waals surface area contributed by atoms with Gasteiger partial charge < -0.3 is 15.4 Å². The van der Waals surface area contributed by atoms with E-state index in [4.69, 9.17) is 4.74 Å². The van der Waals surface area contributed by atoms with Crippen LogP contribution in [0.15, 0.2) is 0 Å². The molecule has 1 atom stereocenters. The lowest BCUT2D eigenvalue weighted by atomic mass is 10.3. The summed E-state index contributed by atoms with van der Waals surface area (Å²) in [6, 6.07) is 0.643. The summed E-state index contributed by atoms with van der Waals surface area (Å²) in [7, 11) is 1.55. The Labute approximate surface area is 119 Å². The molecule has 108 valence electrons. The van der Waals surface area contributed by atoms with Crippen molar-refractivity contribution in [3.8, 4) is 6.01 Å². The van der Waals surface area contributed by atoms with Gasteiger partial charge in [0.2, 0.25) is 11.9 Å². The zero-order chi connectivity index (χ0) is 14.1. The highest BCUT2D eigenvalue weighted by Gasteiger charge is 2.09. The number of nitrogens with zero attached hydrogens (tertiary/aromatic N) is 3. The summed E-state index contributed by atoms with van der Waals surface area (Å²) in [5.41, 5.74) is 0. The monoisotopic (exact) mass is 285 g/mol. The van der Waals surface area contributed by atoms with Crippen molar-refractivity contribution >= 4 is 23.7 Å². The molecule has 1 unspecified atom stereocenters. The summed E-state index contributed by atoms with van der Waals surface area (Å²) >= 11 is 1.94. The minimum absolute atomic E-state index is 0.320. The van der Waals surface area contributed by atoms with Gasteiger partial charge in [0.15, 0.2) is 0 Å². The summed E-state index contributed by atoms with van der Waals surface area (Å²) < 4.78 is 5.08. The van der Waals surface area contributed by atoms with E-state index in [1.807, 2.05) is 18.7 Å². The average Bonchev–Trinajstić information content (AvgIpc) is 2.39. The number of ether oxygens (including phenoxy) is 1. The maximum absolute atomic E-state index is 5.08. The maximum atomic E-state index is 5.08. The van der Waals surface area contributed by atoms with E-state index in [1.54, 1.807) is 7.11 Å². The SMILES string of the molecule is CCNc1nc(NC(C)CCSCC)nc(OC)n1. The highest BCUT2D eigenvalue weighted by Crippen LogP contribution is 2.13. The lowest BCUT2D eigenvalue weighted by molar-refractivity contribution is 0.379. The quantitative estimate of drug-likeness (QED) is 0.674. The van der Waals surface area contributed by atoms with E-state index in [1.165, 1.54) is 0 Å². The standard InChI is InChI=1S/C12H23N5OS/c1-5-13-10-15-11(17-12(16-10)18-4)14-9(3)7-8-19-6-2/h9H,5-8H2,1-4H3,(H2,13,14,15,16,17). The Bertz CT molecular complexity index is 377. The Balaban J connectivity index is 2.62. The van der Waals surface area contributed by atoms with E-state index in [9.17, 15) is 0 Å². The lowest BCUT2D eigenvalue weighted by Crippen LogP contribution is -2.19. The number of anilines is 2. The fourth-order valence-corrected chi connectivity index (χ4v) is 2.26. The third kappa shape index (κ3) is 5.96. The highest BCUT2D eigenvalue weighted by molar-refractivity contribution is 7.99. The van der Waals surface area contributed by atoms with Crippen molar-refractivity contribution < 1.29 is 4.74 Å². The Kier molecular flexibility index (Phi) is 7.32. The molecule has 19 heavy (non-hydrogen) atoms. The second kappa shape index (κ2) is 8.79. The molecule has 2 N–H and O–H groups in total. The van der Waals surface area contributed by atoms with E-state index in [-0.39, 0.29) is 0 Å². The third-order valence-corrected chi connectivity index (χ3v) is 3.34. The normalized spacial score (nSPS) is 12.0. The van der Waals surface area contributed by atoms with Crippen LogP contribution in [0.3, 0.4) is 0 Å². The molecule has 1 heterocycles. The molecule has 1 aromatic heterocycles. The number of hydrogen-bond donors (Lipinski definition) is 2. The first-order valence-corrected chi connectivity index (χ1v) is 7.73. The minimum atomic E-state index is 0.320. The maximum Gasteiger partial charge on any atom is 0.322 e. The predicted octanol–water partition coefficient (Wildman–Crippen LogP) is 2.26. The van der Waals surface area contributed by atoms with Crippen LogP contribution in [-0.4, -0.2) is 46.2 Å². The summed E-state index contributed by atoms with van der Waals surface area (Å²) in [4.78, 5) is 12.6. The summed E-state index contributed by atoms with van der Waals surface area (Å²) in [6.07, 6.45) is 1.07. The summed E-state index contributed by atoms with van der Waals surface area (Å²) in [5.74, 6) is 3.37. The predicted molar refractivity (Wildman–Crippen MR) is 81.2 cm³/mol. The van der Waals surface area contributed by atoms with Crippen molar-refractivity contribution in [2.75, 3.05) is 35.8 Å². The van der Waals surface area contributed by atoms with Gasteiger partial charge in [-0.25, -0.2) is 0 Å². The molecule has 1 rings (SSSR count). The second-order valence-corrected chi connectivity index (χ2v) is 5.42. The van der Waals surface area contributed by atoms with E-state index < -0.39 is 0 Å². The Morgan fingerprint density at radius 3 is 2.58 bits per heavy atom. The molecule has 0 fully saturated rings. The molecule has 0 spiro atoms. The highest BCUT2D eigenvalue weighted by atomic mass is 32.2. The number of thioether (sulfide) groups is 1. The van der Waals surface area contributed by atoms with Gasteiger partial charge in [0.05, 0.1) is 7.11 Å². The van der Waals surface area contributed by atoms with Gasteiger partial charge in [0.1, 0.15) is 0 Å². The van der Waals surface area contributed by atoms with Crippen LogP contribution in [0.5, 0.6) is 6.01 Å². The first-order chi connectivity index (χ1) is 9.19. The van der Waals surface area contributed by atoms with Gasteiger partial charge in [-0.3, -0.25) is 0 Å². The lowest BCUT2D eigenvalue weighted by Gasteiger charge is -2.14. The molecule has 6 nitrogen and oxygen atoms in total. The van der Waals surface area contributed by atoms with Crippen LogP contribution in [0, 0.1) is 0 Å². The van der Waals surface area contributed by atoms with Gasteiger partial charge in [0, 0.05) is 12.6 Å². The Morgan fingerprint density at radius 2 is 1.95 bits per heavy atom. The van der Waals surface area contributed by atoms with Crippen LogP contribution in [0.1, 0.15) is 27.2 Å². The van der Waals surface area contributed by atoms with Crippen LogP contribution in [0.25, 0.3) is 0 Å². The van der Waals surface area contributed by atoms with Gasteiger partial charge >= 0.3 is 6.01 Å². The largest absolute Gasteiger partial charge is 0.467 e. The molecule has 0 aliphatic heterocycles. The van der Waals surface area contributed by atoms with Crippen molar-refractivity contribution in [2.24, 2.45) is 0 Å². The van der Waals surface area contributed by atoms with Gasteiger partial charge in [0.25, 0.3) is 0 Å². The summed E-state index contributed by atoms with van der Waals surface area (Å²) in [5, 5.41) is 6.34. The average molecular weight is 285 g/mol. The fraction of sp³-hybridized carbons (Fsp3) is 0.750. The molecule has 0 aliphatic rings. The van der Waals surface area contributed by atoms with Crippen molar-refractivity contribution in [3.05, 3.63) is 0 Å². The van der Waals surface area contributed by atoms with Crippen LogP contribution in [-0.2, 0) is 0 Å². The van der Waals surface area contributed by atoms with Crippen LogP contribution < -0.4 is 15.4 Å². The van der Waals surface area contributed by atoms with E-state index in [0.29, 0.717) is 23.9 Å². The van der Waals surface area contributed by atoms with Crippen LogP contribution in [0.4, 0.5) is 11.9 Å². The number of rotatable bonds is 9. The fourth-order valence-electron chi connectivity index (χ4n) is 1.45. The van der Waals surface area contributed by atoms with E-state index >= 15 is 0 Å². The van der Waals surface area contributed by atoms with Gasteiger partial charge in [-0.05, 0) is 31.8 Å². The van der Waals surface area contributed by atoms with Crippen molar-refractivity contribution in [1.82, 2.24) is 15.0 Å². The van der Waals surface area contributed by atoms with E-state index in [0.717, 1.165) is 24.5 Å². The zero-order valence-corrected chi connectivity index (χ0v) is 12.9. The summed E-state index contributed by atoms with van der Waals surface area (Å²) in [6.45, 7) is 7.05. The Hall–Kier alpha value is -1.24. The van der Waals surface area contributed by atoms with Crippen LogP contribution in [0.2, 0.25) is 0 Å². The molecule has 0 aromatic carbocycles. The number of methoxy groups -OCH3 is 1. The first kappa shape index (κ1) is 15.8. The van der Waals surface area contributed by atoms with E-state index in [2.05, 4.69) is 39.4 Å². The molecular formula is C12H23N5OS. The molecular weight excluding hydrogens is 262 g/mol. The number of nitrogens with one attached hydrogen (secondary N) is 2. The van der Waals surface area contributed by atoms with Gasteiger partial charge in [-0.1, -0.05) is 6.92 Å². The molecule has 0 saturated heterocycles. The van der Waals surface area contributed by atoms with Crippen molar-refractivity contribution in [3.63, 3.8) is 0 Å². The number of aromatic nitrogens is 3. The zero-order valence-electron chi connectivity index (χ0n) is 12.1. The van der Waals surface area contributed by atoms with Crippen molar-refractivity contribution in [1.29, 1.82) is 0 Å². The van der Waals surface area contributed by atoms with Gasteiger partial charge in [-0.15, -0.1) is 0 Å². The molecule has 0 bridgehead atoms. The Morgan fingerprint density at radius 1 is 1.21 bits per heavy atom. The third-order valence-electron chi connectivity index (χ3n) is 2.41. The van der Waals surface area contributed by atoms with Crippen LogP contribution >= 0.6 is 11.8 Å². The molecule has 7 heteroatoms. The molecule has 0 radical (unpaired) electrons. The molecule has 0 aliphatic carbocycles. The number of hydrogen-bond acceptors (Lipinski definition) is 7. The van der Waals surface area contributed by atoms with Crippen molar-refractivity contribution in [2.45, 2.75) is 33.2 Å².